The van der Waals surface area contributed by atoms with Gasteiger partial charge in [0.15, 0.2) is 4.80 Å². The Morgan fingerprint density at radius 1 is 1.14 bits per heavy atom. The predicted octanol–water partition coefficient (Wildman–Crippen LogP) is 5.21. The number of hydrogen-bond donors (Lipinski definition) is 0. The van der Waals surface area contributed by atoms with Crippen LogP contribution in [0.15, 0.2) is 69.6 Å². The minimum absolute atomic E-state index is 0.0411. The highest BCUT2D eigenvalue weighted by atomic mass is 32.1. The summed E-state index contributed by atoms with van der Waals surface area (Å²) in [5.41, 5.74) is 4.86. The second-order valence-electron chi connectivity index (χ2n) is 10.9. The van der Waals surface area contributed by atoms with Gasteiger partial charge in [-0.05, 0) is 78.3 Å². The van der Waals surface area contributed by atoms with Gasteiger partial charge in [-0.15, -0.1) is 0 Å². The standard InChI is InChI=1S/C33H34N4O6S/c1-8-42-32(39)29-21(6)34-33-36(30(29)25-11-9-10-12-27(25)43-18(2)3)31(38)28(44-33)16-23-15-20(5)35(22(23)7)24-14-13-19(4)26(17-24)37(40)41/h9-18,30H,8H2,1-7H3/b28-16+/t30-/m0/s1. The van der Waals surface area contributed by atoms with Crippen molar-refractivity contribution < 1.29 is 19.2 Å². The average molecular weight is 615 g/mol. The molecular formula is C33H34N4O6S. The van der Waals surface area contributed by atoms with Gasteiger partial charge in [0.25, 0.3) is 11.2 Å². The van der Waals surface area contributed by atoms with E-state index in [0.29, 0.717) is 37.6 Å². The van der Waals surface area contributed by atoms with Crippen molar-refractivity contribution in [3.8, 4) is 11.4 Å². The van der Waals surface area contributed by atoms with Crippen LogP contribution in [0.3, 0.4) is 0 Å². The Hall–Kier alpha value is -4.77. The molecule has 228 valence electrons. The number of thiazole rings is 1. The Bertz CT molecular complexity index is 2010. The fourth-order valence-corrected chi connectivity index (χ4v) is 6.60. The van der Waals surface area contributed by atoms with Crippen molar-refractivity contribution in [2.75, 3.05) is 6.61 Å². The van der Waals surface area contributed by atoms with Crippen LogP contribution in [-0.2, 0) is 9.53 Å². The predicted molar refractivity (Wildman–Crippen MR) is 169 cm³/mol. The number of ether oxygens (including phenoxy) is 2. The van der Waals surface area contributed by atoms with Crippen LogP contribution in [0.4, 0.5) is 5.69 Å². The Balaban J connectivity index is 1.70. The van der Waals surface area contributed by atoms with Crippen molar-refractivity contribution in [3.05, 3.63) is 118 Å². The van der Waals surface area contributed by atoms with Gasteiger partial charge in [0, 0.05) is 28.6 Å². The van der Waals surface area contributed by atoms with E-state index in [1.807, 2.05) is 74.7 Å². The minimum atomic E-state index is -0.803. The molecule has 4 aromatic rings. The van der Waals surface area contributed by atoms with Gasteiger partial charge in [0.2, 0.25) is 0 Å². The lowest BCUT2D eigenvalue weighted by atomic mass is 9.95. The second-order valence-corrected chi connectivity index (χ2v) is 11.9. The van der Waals surface area contributed by atoms with Crippen LogP contribution in [0, 0.1) is 30.9 Å². The van der Waals surface area contributed by atoms with E-state index in [-0.39, 0.29) is 34.5 Å². The molecule has 0 fully saturated rings. The summed E-state index contributed by atoms with van der Waals surface area (Å²) in [5.74, 6) is 0.0254. The van der Waals surface area contributed by atoms with Gasteiger partial charge < -0.3 is 14.0 Å². The molecular weight excluding hydrogens is 580 g/mol. The number of nitro groups is 1. The van der Waals surface area contributed by atoms with E-state index in [0.717, 1.165) is 17.0 Å². The van der Waals surface area contributed by atoms with E-state index in [9.17, 15) is 19.7 Å². The molecule has 0 spiro atoms. The molecule has 1 aliphatic rings. The molecule has 3 heterocycles. The zero-order chi connectivity index (χ0) is 31.9. The summed E-state index contributed by atoms with van der Waals surface area (Å²) in [4.78, 5) is 43.8. The lowest BCUT2D eigenvalue weighted by Crippen LogP contribution is -2.40. The number of aryl methyl sites for hydroxylation is 2. The summed E-state index contributed by atoms with van der Waals surface area (Å²) in [6.45, 7) is 13.0. The number of aromatic nitrogens is 2. The monoisotopic (exact) mass is 614 g/mol. The molecule has 2 aromatic heterocycles. The quantitative estimate of drug-likeness (QED) is 0.153. The maximum absolute atomic E-state index is 14.2. The van der Waals surface area contributed by atoms with Gasteiger partial charge >= 0.3 is 5.97 Å². The van der Waals surface area contributed by atoms with Gasteiger partial charge in [-0.2, -0.15) is 0 Å². The molecule has 1 atom stereocenters. The molecule has 2 aromatic carbocycles. The lowest BCUT2D eigenvalue weighted by molar-refractivity contribution is -0.385. The SMILES string of the molecule is CCOC(=O)C1=C(C)N=c2s/c(=C/c3cc(C)n(-c4ccc(C)c([N+](=O)[O-])c4)c3C)c(=O)n2[C@H]1c1ccccc1OC(C)C. The van der Waals surface area contributed by atoms with Crippen LogP contribution in [0.2, 0.25) is 0 Å². The molecule has 0 N–H and O–H groups in total. The van der Waals surface area contributed by atoms with Crippen LogP contribution in [0.1, 0.15) is 61.8 Å². The highest BCUT2D eigenvalue weighted by molar-refractivity contribution is 7.07. The maximum Gasteiger partial charge on any atom is 0.338 e. The van der Waals surface area contributed by atoms with Crippen LogP contribution in [-0.4, -0.2) is 32.7 Å². The van der Waals surface area contributed by atoms with E-state index in [4.69, 9.17) is 9.47 Å². The first-order chi connectivity index (χ1) is 20.9. The van der Waals surface area contributed by atoms with E-state index >= 15 is 0 Å². The van der Waals surface area contributed by atoms with Crippen molar-refractivity contribution in [3.63, 3.8) is 0 Å². The number of carbonyl (C=O) groups excluding carboxylic acids is 1. The molecule has 10 nitrogen and oxygen atoms in total. The van der Waals surface area contributed by atoms with E-state index in [1.54, 1.807) is 37.5 Å². The molecule has 0 bridgehead atoms. The summed E-state index contributed by atoms with van der Waals surface area (Å²) in [6.07, 6.45) is 1.68. The highest BCUT2D eigenvalue weighted by Gasteiger charge is 2.35. The number of allylic oxidation sites excluding steroid dienone is 1. The summed E-state index contributed by atoms with van der Waals surface area (Å²) in [6, 6.07) is 13.7. The summed E-state index contributed by atoms with van der Waals surface area (Å²) < 4.78 is 15.4. The fourth-order valence-electron chi connectivity index (χ4n) is 5.56. The Kier molecular flexibility index (Phi) is 8.42. The van der Waals surface area contributed by atoms with Gasteiger partial charge in [-0.1, -0.05) is 35.6 Å². The van der Waals surface area contributed by atoms with Crippen LogP contribution < -0.4 is 19.6 Å². The van der Waals surface area contributed by atoms with Crippen molar-refractivity contribution >= 4 is 29.1 Å². The molecule has 0 amide bonds. The number of nitro benzene ring substituents is 1. The topological polar surface area (TPSA) is 118 Å². The number of hydrogen-bond acceptors (Lipinski definition) is 8. The number of nitrogens with zero attached hydrogens (tertiary/aromatic N) is 4. The Morgan fingerprint density at radius 2 is 1.86 bits per heavy atom. The number of esters is 1. The molecule has 0 saturated carbocycles. The number of para-hydroxylation sites is 1. The largest absolute Gasteiger partial charge is 0.491 e. The first kappa shape index (κ1) is 30.7. The normalized spacial score (nSPS) is 14.9. The molecule has 0 aliphatic carbocycles. The van der Waals surface area contributed by atoms with Gasteiger partial charge in [-0.25, -0.2) is 9.79 Å². The van der Waals surface area contributed by atoms with Gasteiger partial charge in [0.1, 0.15) is 11.8 Å². The second kappa shape index (κ2) is 12.1. The maximum atomic E-state index is 14.2. The molecule has 0 radical (unpaired) electrons. The van der Waals surface area contributed by atoms with E-state index in [1.165, 1.54) is 11.3 Å². The molecule has 5 rings (SSSR count). The van der Waals surface area contributed by atoms with E-state index < -0.39 is 12.0 Å². The zero-order valence-corrected chi connectivity index (χ0v) is 26.5. The summed E-state index contributed by atoms with van der Waals surface area (Å²) in [5, 5.41) is 11.6. The number of carbonyl (C=O) groups is 1. The van der Waals surface area contributed by atoms with Crippen molar-refractivity contribution in [2.45, 2.75) is 60.6 Å². The third-order valence-electron chi connectivity index (χ3n) is 7.50. The van der Waals surface area contributed by atoms with Crippen LogP contribution >= 0.6 is 11.3 Å². The number of benzene rings is 2. The average Bonchev–Trinajstić information content (AvgIpc) is 3.42. The van der Waals surface area contributed by atoms with Crippen molar-refractivity contribution in [2.24, 2.45) is 4.99 Å². The van der Waals surface area contributed by atoms with Crippen molar-refractivity contribution in [1.29, 1.82) is 0 Å². The van der Waals surface area contributed by atoms with Crippen molar-refractivity contribution in [1.82, 2.24) is 9.13 Å². The molecule has 44 heavy (non-hydrogen) atoms. The molecule has 11 heteroatoms. The first-order valence-electron chi connectivity index (χ1n) is 14.3. The van der Waals surface area contributed by atoms with Gasteiger partial charge in [0.05, 0.1) is 39.1 Å². The molecule has 1 aliphatic heterocycles. The Labute approximate surface area is 258 Å². The third kappa shape index (κ3) is 5.50. The highest BCUT2D eigenvalue weighted by Crippen LogP contribution is 2.36. The van der Waals surface area contributed by atoms with E-state index in [2.05, 4.69) is 4.99 Å². The summed E-state index contributed by atoms with van der Waals surface area (Å²) in [7, 11) is 0. The first-order valence-corrected chi connectivity index (χ1v) is 15.1. The molecule has 0 unspecified atom stereocenters. The Morgan fingerprint density at radius 3 is 2.55 bits per heavy atom. The summed E-state index contributed by atoms with van der Waals surface area (Å²) >= 11 is 1.24. The molecule has 0 saturated heterocycles. The van der Waals surface area contributed by atoms with Gasteiger partial charge in [-0.3, -0.25) is 19.5 Å². The smallest absolute Gasteiger partial charge is 0.338 e. The van der Waals surface area contributed by atoms with Crippen LogP contribution in [0.25, 0.3) is 11.8 Å². The number of fused-ring (bicyclic) bond motifs is 1. The minimum Gasteiger partial charge on any atom is -0.491 e. The van der Waals surface area contributed by atoms with Crippen LogP contribution in [0.5, 0.6) is 5.75 Å². The fraction of sp³-hybridized carbons (Fsp3) is 0.303. The zero-order valence-electron chi connectivity index (χ0n) is 25.7. The lowest BCUT2D eigenvalue weighted by Gasteiger charge is -2.26. The third-order valence-corrected chi connectivity index (χ3v) is 8.48. The number of rotatable bonds is 8.